The summed E-state index contributed by atoms with van der Waals surface area (Å²) in [5, 5.41) is 19.6. The van der Waals surface area contributed by atoms with Crippen LogP contribution in [0.15, 0.2) is 30.5 Å². The first-order valence-electron chi connectivity index (χ1n) is 9.70. The highest BCUT2D eigenvalue weighted by Gasteiger charge is 2.27. The number of aromatic amines is 1. The molecule has 3 aromatic rings. The van der Waals surface area contributed by atoms with Gasteiger partial charge in [0.1, 0.15) is 23.3 Å². The number of hydrogen-bond donors (Lipinski definition) is 2. The molecule has 8 heteroatoms. The molecule has 0 unspecified atom stereocenters. The van der Waals surface area contributed by atoms with E-state index in [1.54, 1.807) is 18.3 Å². The summed E-state index contributed by atoms with van der Waals surface area (Å²) in [6.45, 7) is 1.32. The number of nitrogens with one attached hydrogen (secondary N) is 1. The molecule has 30 heavy (non-hydrogen) atoms. The highest BCUT2D eigenvalue weighted by atomic mass is 19.1. The van der Waals surface area contributed by atoms with Gasteiger partial charge < -0.3 is 14.8 Å². The van der Waals surface area contributed by atoms with Crippen LogP contribution in [0.4, 0.5) is 4.39 Å². The molecule has 1 fully saturated rings. The second-order valence-corrected chi connectivity index (χ2v) is 7.40. The van der Waals surface area contributed by atoms with Gasteiger partial charge in [0.15, 0.2) is 0 Å². The van der Waals surface area contributed by atoms with Gasteiger partial charge in [-0.2, -0.15) is 5.26 Å². The Morgan fingerprint density at radius 2 is 2.13 bits per heavy atom. The Morgan fingerprint density at radius 3 is 2.80 bits per heavy atom. The highest BCUT2D eigenvalue weighted by Crippen LogP contribution is 2.40. The van der Waals surface area contributed by atoms with E-state index in [0.717, 1.165) is 18.5 Å². The van der Waals surface area contributed by atoms with E-state index in [-0.39, 0.29) is 12.5 Å². The second-order valence-electron chi connectivity index (χ2n) is 7.40. The predicted molar refractivity (Wildman–Crippen MR) is 109 cm³/mol. The van der Waals surface area contributed by atoms with E-state index in [1.165, 1.54) is 19.2 Å². The number of carboxylic acids is 1. The molecule has 0 radical (unpaired) electrons. The van der Waals surface area contributed by atoms with Crippen LogP contribution in [-0.4, -0.2) is 52.7 Å². The molecular weight excluding hydrogens is 387 g/mol. The highest BCUT2D eigenvalue weighted by molar-refractivity contribution is 5.99. The van der Waals surface area contributed by atoms with E-state index in [1.807, 2.05) is 4.90 Å². The summed E-state index contributed by atoms with van der Waals surface area (Å²) in [5.74, 6) is -0.621. The summed E-state index contributed by atoms with van der Waals surface area (Å²) in [5.41, 5.74) is 3.11. The maximum absolute atomic E-state index is 14.0. The standard InChI is InChI=1S/C22H21FN4O3/c1-30-18-3-2-14(23)10-16(18)15-4-7-25-22-20(15)17(11-24)21(26-22)13-5-8-27(9-6-13)12-19(28)29/h2-4,7,10,13H,5-6,8-9,12H2,1H3,(H,25,26)(H,28,29). The van der Waals surface area contributed by atoms with Gasteiger partial charge in [0.05, 0.1) is 19.2 Å². The number of carboxylic acid groups (broad SMARTS) is 1. The Hall–Kier alpha value is -3.44. The van der Waals surface area contributed by atoms with Gasteiger partial charge >= 0.3 is 5.97 Å². The first-order valence-corrected chi connectivity index (χ1v) is 9.70. The number of hydrogen-bond acceptors (Lipinski definition) is 5. The van der Waals surface area contributed by atoms with Crippen LogP contribution in [0.1, 0.15) is 30.0 Å². The number of rotatable bonds is 5. The van der Waals surface area contributed by atoms with Crippen molar-refractivity contribution in [3.63, 3.8) is 0 Å². The summed E-state index contributed by atoms with van der Waals surface area (Å²) >= 11 is 0. The summed E-state index contributed by atoms with van der Waals surface area (Å²) in [7, 11) is 1.52. The van der Waals surface area contributed by atoms with E-state index in [0.29, 0.717) is 46.6 Å². The fraction of sp³-hybridized carbons (Fsp3) is 0.318. The van der Waals surface area contributed by atoms with Crippen LogP contribution in [0.2, 0.25) is 0 Å². The van der Waals surface area contributed by atoms with Gasteiger partial charge in [0, 0.05) is 28.8 Å². The number of benzene rings is 1. The normalized spacial score (nSPS) is 15.2. The number of fused-ring (bicyclic) bond motifs is 1. The number of pyridine rings is 1. The number of H-pyrrole nitrogens is 1. The lowest BCUT2D eigenvalue weighted by atomic mass is 9.90. The molecule has 4 rings (SSSR count). The van der Waals surface area contributed by atoms with Gasteiger partial charge in [-0.05, 0) is 55.8 Å². The molecular formula is C22H21FN4O3. The maximum atomic E-state index is 14.0. The van der Waals surface area contributed by atoms with E-state index < -0.39 is 11.8 Å². The number of aromatic nitrogens is 2. The van der Waals surface area contributed by atoms with Gasteiger partial charge in [0.2, 0.25) is 0 Å². The van der Waals surface area contributed by atoms with Crippen LogP contribution >= 0.6 is 0 Å². The van der Waals surface area contributed by atoms with Gasteiger partial charge in [0.25, 0.3) is 0 Å². The lowest BCUT2D eigenvalue weighted by Crippen LogP contribution is -2.36. The molecule has 0 bridgehead atoms. The van der Waals surface area contributed by atoms with Crippen molar-refractivity contribution >= 4 is 17.0 Å². The summed E-state index contributed by atoms with van der Waals surface area (Å²) in [6, 6.07) is 8.36. The van der Waals surface area contributed by atoms with Crippen molar-refractivity contribution in [2.75, 3.05) is 26.7 Å². The molecule has 0 spiro atoms. The predicted octanol–water partition coefficient (Wildman–Crippen LogP) is 3.51. The number of methoxy groups -OCH3 is 1. The number of ether oxygens (including phenoxy) is 1. The van der Waals surface area contributed by atoms with Crippen molar-refractivity contribution < 1.29 is 19.0 Å². The average Bonchev–Trinajstić information content (AvgIpc) is 3.12. The zero-order valence-corrected chi connectivity index (χ0v) is 16.5. The lowest BCUT2D eigenvalue weighted by Gasteiger charge is -2.30. The van der Waals surface area contributed by atoms with Crippen molar-refractivity contribution in [3.8, 4) is 22.9 Å². The van der Waals surface area contributed by atoms with Crippen LogP contribution < -0.4 is 4.74 Å². The van der Waals surface area contributed by atoms with Crippen LogP contribution in [0.3, 0.4) is 0 Å². The van der Waals surface area contributed by atoms with E-state index in [2.05, 4.69) is 16.0 Å². The Labute approximate surface area is 172 Å². The van der Waals surface area contributed by atoms with Gasteiger partial charge in [-0.15, -0.1) is 0 Å². The number of nitrogens with zero attached hydrogens (tertiary/aromatic N) is 3. The second kappa shape index (κ2) is 8.13. The Morgan fingerprint density at radius 1 is 1.37 bits per heavy atom. The van der Waals surface area contributed by atoms with Crippen molar-refractivity contribution in [1.82, 2.24) is 14.9 Å². The van der Waals surface area contributed by atoms with Crippen LogP contribution in [-0.2, 0) is 4.79 Å². The molecule has 1 aliphatic rings. The molecule has 0 saturated carbocycles. The average molecular weight is 408 g/mol. The van der Waals surface area contributed by atoms with Crippen LogP contribution in [0.25, 0.3) is 22.2 Å². The maximum Gasteiger partial charge on any atom is 0.317 e. The van der Waals surface area contributed by atoms with Gasteiger partial charge in [-0.1, -0.05) is 0 Å². The van der Waals surface area contributed by atoms with Crippen molar-refractivity contribution in [2.45, 2.75) is 18.8 Å². The number of likely N-dealkylation sites (tertiary alicyclic amines) is 1. The SMILES string of the molecule is COc1ccc(F)cc1-c1ccnc2[nH]c(C3CCN(CC(=O)O)CC3)c(C#N)c12. The molecule has 0 amide bonds. The van der Waals surface area contributed by atoms with Crippen molar-refractivity contribution in [1.29, 1.82) is 5.26 Å². The first kappa shape index (κ1) is 19.9. The first-order chi connectivity index (χ1) is 14.5. The number of carbonyl (C=O) groups is 1. The molecule has 1 aliphatic heterocycles. The minimum absolute atomic E-state index is 0.0234. The topological polar surface area (TPSA) is 102 Å². The number of piperidine rings is 1. The fourth-order valence-electron chi connectivity index (χ4n) is 4.24. The monoisotopic (exact) mass is 408 g/mol. The smallest absolute Gasteiger partial charge is 0.317 e. The van der Waals surface area contributed by atoms with Crippen LogP contribution in [0.5, 0.6) is 5.75 Å². The van der Waals surface area contributed by atoms with Crippen LogP contribution in [0, 0.1) is 17.1 Å². The van der Waals surface area contributed by atoms with E-state index in [9.17, 15) is 14.4 Å². The Bertz CT molecular complexity index is 1140. The summed E-state index contributed by atoms with van der Waals surface area (Å²) < 4.78 is 19.4. The van der Waals surface area contributed by atoms with E-state index >= 15 is 0 Å². The lowest BCUT2D eigenvalue weighted by molar-refractivity contribution is -0.138. The molecule has 0 atom stereocenters. The van der Waals surface area contributed by atoms with Gasteiger partial charge in [-0.25, -0.2) is 9.37 Å². The summed E-state index contributed by atoms with van der Waals surface area (Å²) in [6.07, 6.45) is 3.11. The number of halogens is 1. The third-order valence-electron chi connectivity index (χ3n) is 5.64. The molecule has 1 aromatic carbocycles. The molecule has 7 nitrogen and oxygen atoms in total. The fourth-order valence-corrected chi connectivity index (χ4v) is 4.24. The van der Waals surface area contributed by atoms with Crippen molar-refractivity contribution in [3.05, 3.63) is 47.5 Å². The van der Waals surface area contributed by atoms with Gasteiger partial charge in [-0.3, -0.25) is 9.69 Å². The third kappa shape index (κ3) is 3.60. The quantitative estimate of drug-likeness (QED) is 0.670. The molecule has 154 valence electrons. The zero-order chi connectivity index (χ0) is 21.3. The third-order valence-corrected chi connectivity index (χ3v) is 5.64. The molecule has 2 N–H and O–H groups in total. The Kier molecular flexibility index (Phi) is 5.38. The largest absolute Gasteiger partial charge is 0.496 e. The van der Waals surface area contributed by atoms with Crippen molar-refractivity contribution in [2.24, 2.45) is 0 Å². The number of nitriles is 1. The number of aliphatic carboxylic acids is 1. The summed E-state index contributed by atoms with van der Waals surface area (Å²) in [4.78, 5) is 20.5. The molecule has 0 aliphatic carbocycles. The Balaban J connectivity index is 1.77. The van der Waals surface area contributed by atoms with E-state index in [4.69, 9.17) is 9.84 Å². The minimum Gasteiger partial charge on any atom is -0.496 e. The minimum atomic E-state index is -0.838. The zero-order valence-electron chi connectivity index (χ0n) is 16.5. The molecule has 3 heterocycles. The molecule has 2 aromatic heterocycles. The molecule has 1 saturated heterocycles.